The summed E-state index contributed by atoms with van der Waals surface area (Å²) in [5, 5.41) is 59.8. The van der Waals surface area contributed by atoms with Crippen molar-refractivity contribution in [3.8, 4) is 11.5 Å². The Morgan fingerprint density at radius 3 is 2.54 bits per heavy atom. The number of rotatable bonds is 5. The minimum Gasteiger partial charge on any atom is -0.508 e. The lowest BCUT2D eigenvalue weighted by molar-refractivity contribution is -0.339. The number of ether oxygens (including phenoxy) is 4. The first kappa shape index (κ1) is 27.1. The first-order valence-electron chi connectivity index (χ1n) is 12.2. The van der Waals surface area contributed by atoms with Gasteiger partial charge in [-0.1, -0.05) is 6.08 Å². The number of hydrogen-bond acceptors (Lipinski definition) is 13. The molecule has 2 fully saturated rings. The summed E-state index contributed by atoms with van der Waals surface area (Å²) in [6, 6.07) is 2.19. The zero-order valence-electron chi connectivity index (χ0n) is 20.7. The summed E-state index contributed by atoms with van der Waals surface area (Å²) in [4.78, 5) is 26.4. The van der Waals surface area contributed by atoms with E-state index in [1.165, 1.54) is 19.1 Å². The third-order valence-electron chi connectivity index (χ3n) is 7.35. The van der Waals surface area contributed by atoms with Crippen molar-refractivity contribution in [1.29, 1.82) is 0 Å². The van der Waals surface area contributed by atoms with Crippen LogP contribution in [0.15, 0.2) is 45.8 Å². The van der Waals surface area contributed by atoms with E-state index in [2.05, 4.69) is 6.58 Å². The number of aromatic hydroxyl groups is 2. The third kappa shape index (κ3) is 4.56. The topological polar surface area (TPSA) is 206 Å². The van der Waals surface area contributed by atoms with Gasteiger partial charge in [-0.3, -0.25) is 4.79 Å². The number of cyclic esters (lactones) is 1. The van der Waals surface area contributed by atoms with Crippen LogP contribution < -0.4 is 5.43 Å². The number of carbonyl (C=O) groups is 1. The van der Waals surface area contributed by atoms with Crippen LogP contribution >= 0.6 is 0 Å². The Bertz CT molecular complexity index is 1380. The van der Waals surface area contributed by atoms with Gasteiger partial charge in [-0.25, -0.2) is 4.79 Å². The van der Waals surface area contributed by atoms with Gasteiger partial charge in [-0.05, 0) is 13.3 Å². The minimum atomic E-state index is -1.68. The van der Waals surface area contributed by atoms with Crippen molar-refractivity contribution in [3.05, 3.63) is 58.2 Å². The van der Waals surface area contributed by atoms with Crippen LogP contribution in [0.1, 0.15) is 23.8 Å². The quantitative estimate of drug-likeness (QED) is 0.215. The van der Waals surface area contributed by atoms with Gasteiger partial charge in [0.15, 0.2) is 6.29 Å². The minimum absolute atomic E-state index is 0.0107. The summed E-state index contributed by atoms with van der Waals surface area (Å²) in [5.41, 5.74) is -0.505. The first-order valence-corrected chi connectivity index (χ1v) is 12.2. The molecule has 1 aromatic carbocycles. The molecule has 9 atom stereocenters. The second-order valence-corrected chi connectivity index (χ2v) is 9.70. The van der Waals surface area contributed by atoms with Gasteiger partial charge in [0.2, 0.25) is 11.7 Å². The molecular formula is C26H28O13. The number of phenolic OH excluding ortho intramolecular Hbond substituents is 2. The fourth-order valence-electron chi connectivity index (χ4n) is 5.34. The highest BCUT2D eigenvalue weighted by molar-refractivity contribution is 5.90. The lowest BCUT2D eigenvalue weighted by Crippen LogP contribution is -2.60. The predicted octanol–water partition coefficient (Wildman–Crippen LogP) is -0.0243. The Labute approximate surface area is 220 Å². The van der Waals surface area contributed by atoms with Crippen LogP contribution in [0.2, 0.25) is 0 Å². The smallest absolute Gasteiger partial charge is 0.338 e. The van der Waals surface area contributed by atoms with Gasteiger partial charge in [-0.15, -0.1) is 6.58 Å². The molecule has 2 saturated heterocycles. The first-order chi connectivity index (χ1) is 18.5. The maximum atomic E-state index is 13.4. The molecule has 0 radical (unpaired) electrons. The molecule has 6 N–H and O–H groups in total. The number of esters is 1. The maximum Gasteiger partial charge on any atom is 0.338 e. The number of phenols is 2. The van der Waals surface area contributed by atoms with Crippen LogP contribution in [0.4, 0.5) is 0 Å². The van der Waals surface area contributed by atoms with E-state index in [1.807, 2.05) is 0 Å². The Kier molecular flexibility index (Phi) is 7.13. The van der Waals surface area contributed by atoms with E-state index in [0.29, 0.717) is 0 Å². The average molecular weight is 548 g/mol. The summed E-state index contributed by atoms with van der Waals surface area (Å²) in [7, 11) is 0. The van der Waals surface area contributed by atoms with Gasteiger partial charge in [0.25, 0.3) is 0 Å². The van der Waals surface area contributed by atoms with Crippen LogP contribution in [0.5, 0.6) is 11.5 Å². The molecule has 5 rings (SSSR count). The Morgan fingerprint density at radius 2 is 1.85 bits per heavy atom. The standard InChI is InChI=1S/C26H28O13/c1-3-11-12-6-16(18-9(2)36-15-5-10(28)4-14(29)19(15)21(18)31)37-24(34)13(12)8-35-25(11)39-26-23(33)22(32)20(30)17(7-27)38-26/h3-5,8,11-12,16-17,20,22-23,25-30,32-33H,1,6-7H2,2H3/t11-,12-,16+,17+,20-,22-,23+,25-,26-/m0/s1. The summed E-state index contributed by atoms with van der Waals surface area (Å²) < 4.78 is 28.0. The average Bonchev–Trinajstić information content (AvgIpc) is 2.88. The fraction of sp³-hybridized carbons (Fsp3) is 0.462. The van der Waals surface area contributed by atoms with Gasteiger partial charge in [0, 0.05) is 24.0 Å². The zero-order chi connectivity index (χ0) is 28.2. The third-order valence-corrected chi connectivity index (χ3v) is 7.35. The van der Waals surface area contributed by atoms with Crippen molar-refractivity contribution < 1.29 is 58.8 Å². The van der Waals surface area contributed by atoms with E-state index in [-0.39, 0.29) is 40.0 Å². The van der Waals surface area contributed by atoms with Gasteiger partial charge < -0.3 is 54.0 Å². The van der Waals surface area contributed by atoms with Crippen LogP contribution in [-0.2, 0) is 23.7 Å². The van der Waals surface area contributed by atoms with Crippen LogP contribution in [0.3, 0.4) is 0 Å². The van der Waals surface area contributed by atoms with E-state index >= 15 is 0 Å². The number of benzene rings is 1. The molecule has 1 aromatic heterocycles. The van der Waals surface area contributed by atoms with E-state index < -0.39 is 78.7 Å². The normalized spacial score (nSPS) is 34.5. The summed E-state index contributed by atoms with van der Waals surface area (Å²) in [6.45, 7) is 4.65. The van der Waals surface area contributed by atoms with Crippen molar-refractivity contribution in [2.45, 2.75) is 56.4 Å². The number of aliphatic hydroxyl groups is 4. The van der Waals surface area contributed by atoms with Gasteiger partial charge in [-0.2, -0.15) is 0 Å². The molecule has 39 heavy (non-hydrogen) atoms. The Balaban J connectivity index is 1.45. The monoisotopic (exact) mass is 548 g/mol. The highest BCUT2D eigenvalue weighted by Gasteiger charge is 2.49. The molecular weight excluding hydrogens is 520 g/mol. The van der Waals surface area contributed by atoms with Gasteiger partial charge in [0.1, 0.15) is 58.7 Å². The number of aliphatic hydroxyl groups excluding tert-OH is 4. The Morgan fingerprint density at radius 1 is 1.10 bits per heavy atom. The fourth-order valence-corrected chi connectivity index (χ4v) is 5.34. The van der Waals surface area contributed by atoms with E-state index in [4.69, 9.17) is 23.4 Å². The summed E-state index contributed by atoms with van der Waals surface area (Å²) in [6.07, 6.45) is -7.20. The largest absolute Gasteiger partial charge is 0.508 e. The summed E-state index contributed by atoms with van der Waals surface area (Å²) >= 11 is 0. The number of carbonyl (C=O) groups excluding carboxylic acids is 1. The maximum absolute atomic E-state index is 13.4. The number of fused-ring (bicyclic) bond motifs is 2. The molecule has 0 spiro atoms. The molecule has 0 amide bonds. The highest BCUT2D eigenvalue weighted by atomic mass is 16.8. The van der Waals surface area contributed by atoms with Crippen molar-refractivity contribution >= 4 is 16.9 Å². The molecule has 0 bridgehead atoms. The molecule has 13 heteroatoms. The molecule has 2 aromatic rings. The van der Waals surface area contributed by atoms with Crippen LogP contribution in [-0.4, -0.2) is 80.2 Å². The molecule has 0 saturated carbocycles. The van der Waals surface area contributed by atoms with Crippen molar-refractivity contribution in [2.24, 2.45) is 11.8 Å². The van der Waals surface area contributed by atoms with Gasteiger partial charge >= 0.3 is 5.97 Å². The van der Waals surface area contributed by atoms with Crippen LogP contribution in [0.25, 0.3) is 11.0 Å². The molecule has 0 unspecified atom stereocenters. The van der Waals surface area contributed by atoms with Gasteiger partial charge in [0.05, 0.1) is 24.0 Å². The van der Waals surface area contributed by atoms with E-state index in [9.17, 15) is 40.2 Å². The highest BCUT2D eigenvalue weighted by Crippen LogP contribution is 2.45. The number of hydrogen-bond donors (Lipinski definition) is 6. The van der Waals surface area contributed by atoms with Crippen LogP contribution in [0, 0.1) is 18.8 Å². The van der Waals surface area contributed by atoms with Crippen molar-refractivity contribution in [3.63, 3.8) is 0 Å². The SMILES string of the molecule is C=C[C@@H]1[C@H](O[C@@H]2O[C@H](CO)[C@H](O)[C@H](O)[C@H]2O)OC=C2C(=O)O[C@@H](c3c(C)oc4cc(O)cc(O)c4c3=O)C[C@H]21. The van der Waals surface area contributed by atoms with E-state index in [0.717, 1.165) is 12.3 Å². The van der Waals surface area contributed by atoms with Crippen molar-refractivity contribution in [1.82, 2.24) is 0 Å². The molecule has 3 aliphatic rings. The second kappa shape index (κ2) is 10.3. The molecule has 210 valence electrons. The second-order valence-electron chi connectivity index (χ2n) is 9.70. The van der Waals surface area contributed by atoms with Crippen molar-refractivity contribution in [2.75, 3.05) is 6.61 Å². The lowest BCUT2D eigenvalue weighted by Gasteiger charge is -2.44. The van der Waals surface area contributed by atoms with E-state index in [1.54, 1.807) is 0 Å². The lowest BCUT2D eigenvalue weighted by atomic mass is 9.77. The number of aryl methyl sites for hydroxylation is 1. The zero-order valence-corrected chi connectivity index (χ0v) is 20.7. The molecule has 3 aliphatic heterocycles. The molecule has 4 heterocycles. The molecule has 13 nitrogen and oxygen atoms in total. The summed E-state index contributed by atoms with van der Waals surface area (Å²) in [5.74, 6) is -2.80. The Hall–Kier alpha value is -3.46. The molecule has 0 aliphatic carbocycles. The predicted molar refractivity (Wildman–Crippen MR) is 129 cm³/mol.